The van der Waals surface area contributed by atoms with Gasteiger partial charge in [-0.05, 0) is 30.5 Å². The average molecular weight is 372 g/mol. The zero-order valence-corrected chi connectivity index (χ0v) is 15.3. The van der Waals surface area contributed by atoms with Gasteiger partial charge < -0.3 is 10.1 Å². The maximum absolute atomic E-state index is 13.4. The van der Waals surface area contributed by atoms with Crippen LogP contribution in [0.5, 0.6) is 0 Å². The van der Waals surface area contributed by atoms with Crippen LogP contribution in [0.1, 0.15) is 24.0 Å². The van der Waals surface area contributed by atoms with E-state index >= 15 is 0 Å². The minimum Gasteiger partial charge on any atom is -0.381 e. The lowest BCUT2D eigenvalue weighted by molar-refractivity contribution is 0.0543. The lowest BCUT2D eigenvalue weighted by Crippen LogP contribution is -2.43. The van der Waals surface area contributed by atoms with Gasteiger partial charge in [0.05, 0.1) is 0 Å². The topological polar surface area (TPSA) is 89.1 Å². The second-order valence-electron chi connectivity index (χ2n) is 6.79. The van der Waals surface area contributed by atoms with E-state index in [0.717, 1.165) is 10.1 Å². The number of aromatic nitrogens is 2. The van der Waals surface area contributed by atoms with Gasteiger partial charge in [0.1, 0.15) is 17.7 Å². The van der Waals surface area contributed by atoms with E-state index in [1.54, 1.807) is 12.1 Å². The van der Waals surface area contributed by atoms with Gasteiger partial charge in [0.2, 0.25) is 0 Å². The number of nitriles is 1. The van der Waals surface area contributed by atoms with Crippen molar-refractivity contribution < 1.29 is 9.13 Å². The smallest absolute Gasteiger partial charge is 0.332 e. The number of nitrogens with zero attached hydrogens (tertiary/aromatic N) is 3. The highest BCUT2D eigenvalue weighted by Gasteiger charge is 2.35. The minimum absolute atomic E-state index is 0.110. The molecule has 1 saturated heterocycles. The van der Waals surface area contributed by atoms with Crippen LogP contribution in [-0.4, -0.2) is 28.9 Å². The molecule has 1 aliphatic heterocycles. The molecule has 2 aromatic rings. The monoisotopic (exact) mass is 372 g/mol. The molecule has 0 aliphatic carbocycles. The second-order valence-corrected chi connectivity index (χ2v) is 6.79. The van der Waals surface area contributed by atoms with Gasteiger partial charge in [-0.2, -0.15) is 5.26 Å². The first-order valence-electron chi connectivity index (χ1n) is 8.67. The van der Waals surface area contributed by atoms with E-state index in [0.29, 0.717) is 32.6 Å². The first-order valence-corrected chi connectivity index (χ1v) is 8.67. The summed E-state index contributed by atoms with van der Waals surface area (Å²) in [6, 6.07) is 8.22. The van der Waals surface area contributed by atoms with Gasteiger partial charge in [0, 0.05) is 39.3 Å². The highest BCUT2D eigenvalue weighted by molar-refractivity contribution is 5.52. The van der Waals surface area contributed by atoms with Crippen LogP contribution < -0.4 is 16.6 Å². The number of ether oxygens (including phenoxy) is 1. The molecule has 1 aliphatic rings. The molecule has 0 saturated carbocycles. The third-order valence-corrected chi connectivity index (χ3v) is 5.28. The molecule has 8 heteroatoms. The Bertz CT molecular complexity index is 996. The van der Waals surface area contributed by atoms with Crippen molar-refractivity contribution in [1.29, 1.82) is 5.26 Å². The Hall–Kier alpha value is -2.92. The maximum atomic E-state index is 13.4. The van der Waals surface area contributed by atoms with Crippen molar-refractivity contribution in [2.24, 2.45) is 14.1 Å². The summed E-state index contributed by atoms with van der Waals surface area (Å²) >= 11 is 0. The second kappa shape index (κ2) is 7.37. The fourth-order valence-electron chi connectivity index (χ4n) is 3.54. The van der Waals surface area contributed by atoms with Crippen LogP contribution in [0, 0.1) is 17.1 Å². The Morgan fingerprint density at radius 1 is 1.19 bits per heavy atom. The van der Waals surface area contributed by atoms with Crippen molar-refractivity contribution in [1.82, 2.24) is 9.13 Å². The molecular weight excluding hydrogens is 351 g/mol. The summed E-state index contributed by atoms with van der Waals surface area (Å²) in [5, 5.41) is 12.6. The Morgan fingerprint density at radius 3 is 2.41 bits per heavy atom. The Morgan fingerprint density at radius 2 is 1.81 bits per heavy atom. The predicted octanol–water partition coefficient (Wildman–Crippen LogP) is 1.26. The molecule has 0 amide bonds. The van der Waals surface area contributed by atoms with Gasteiger partial charge >= 0.3 is 5.69 Å². The van der Waals surface area contributed by atoms with E-state index in [2.05, 4.69) is 5.32 Å². The van der Waals surface area contributed by atoms with E-state index in [4.69, 9.17) is 4.74 Å². The van der Waals surface area contributed by atoms with Gasteiger partial charge in [0.25, 0.3) is 5.56 Å². The van der Waals surface area contributed by atoms with Crippen molar-refractivity contribution in [3.05, 3.63) is 62.0 Å². The number of hydrogen-bond acceptors (Lipinski definition) is 5. The molecule has 142 valence electrons. The van der Waals surface area contributed by atoms with E-state index in [9.17, 15) is 19.2 Å². The molecule has 27 heavy (non-hydrogen) atoms. The first kappa shape index (κ1) is 18.9. The summed E-state index contributed by atoms with van der Waals surface area (Å²) in [5.74, 6) is -0.117. The van der Waals surface area contributed by atoms with Gasteiger partial charge in [0.15, 0.2) is 5.56 Å². The van der Waals surface area contributed by atoms with Gasteiger partial charge in [-0.3, -0.25) is 13.9 Å². The van der Waals surface area contributed by atoms with Crippen LogP contribution in [-0.2, 0) is 24.2 Å². The molecule has 1 N–H and O–H groups in total. The summed E-state index contributed by atoms with van der Waals surface area (Å²) in [4.78, 5) is 24.5. The SMILES string of the molecule is Cn1c(NCC2(c3ccc(F)cc3)CCOCC2)c(C#N)c(=O)n(C)c1=O. The standard InChI is InChI=1S/C19H21FN4O3/c1-23-16(15(11-21)17(25)24(2)18(23)26)22-12-19(7-9-27-10-8-19)13-3-5-14(20)6-4-13/h3-6,22H,7-10,12H2,1-2H3. The normalized spacial score (nSPS) is 15.9. The molecular formula is C19H21FN4O3. The summed E-state index contributed by atoms with van der Waals surface area (Å²) in [6.45, 7) is 1.50. The van der Waals surface area contributed by atoms with Crippen LogP contribution in [0.2, 0.25) is 0 Å². The third kappa shape index (κ3) is 3.38. The average Bonchev–Trinajstić information content (AvgIpc) is 2.69. The molecule has 0 bridgehead atoms. The molecule has 0 unspecified atom stereocenters. The van der Waals surface area contributed by atoms with Crippen LogP contribution in [0.15, 0.2) is 33.9 Å². The number of anilines is 1. The quantitative estimate of drug-likeness (QED) is 0.873. The molecule has 0 radical (unpaired) electrons. The highest BCUT2D eigenvalue weighted by Crippen LogP contribution is 2.35. The van der Waals surface area contributed by atoms with Gasteiger partial charge in [-0.15, -0.1) is 0 Å². The zero-order valence-electron chi connectivity index (χ0n) is 15.3. The molecule has 3 rings (SSSR count). The van der Waals surface area contributed by atoms with Crippen LogP contribution in [0.4, 0.5) is 10.2 Å². The van der Waals surface area contributed by atoms with Gasteiger partial charge in [-0.25, -0.2) is 9.18 Å². The lowest BCUT2D eigenvalue weighted by atomic mass is 9.74. The van der Waals surface area contributed by atoms with Crippen LogP contribution in [0.25, 0.3) is 0 Å². The molecule has 0 spiro atoms. The summed E-state index contributed by atoms with van der Waals surface area (Å²) in [6.07, 6.45) is 1.40. The molecule has 1 aromatic heterocycles. The number of halogens is 1. The number of hydrogen-bond donors (Lipinski definition) is 1. The molecule has 1 aromatic carbocycles. The van der Waals surface area contributed by atoms with Crippen molar-refractivity contribution in [2.45, 2.75) is 18.3 Å². The molecule has 0 atom stereocenters. The Labute approximate surface area is 155 Å². The zero-order chi connectivity index (χ0) is 19.6. The summed E-state index contributed by atoms with van der Waals surface area (Å²) in [7, 11) is 2.85. The molecule has 1 fully saturated rings. The predicted molar refractivity (Wildman–Crippen MR) is 98.3 cm³/mol. The van der Waals surface area contributed by atoms with E-state index < -0.39 is 11.2 Å². The fourth-order valence-corrected chi connectivity index (χ4v) is 3.54. The van der Waals surface area contributed by atoms with Crippen LogP contribution in [0.3, 0.4) is 0 Å². The van der Waals surface area contributed by atoms with Crippen molar-refractivity contribution in [3.8, 4) is 6.07 Å². The van der Waals surface area contributed by atoms with E-state index in [1.807, 2.05) is 6.07 Å². The van der Waals surface area contributed by atoms with Crippen molar-refractivity contribution in [2.75, 3.05) is 25.1 Å². The largest absolute Gasteiger partial charge is 0.381 e. The third-order valence-electron chi connectivity index (χ3n) is 5.28. The first-order chi connectivity index (χ1) is 12.9. The fraction of sp³-hybridized carbons (Fsp3) is 0.421. The molecule has 7 nitrogen and oxygen atoms in total. The van der Waals surface area contributed by atoms with E-state index in [-0.39, 0.29) is 22.6 Å². The number of rotatable bonds is 4. The van der Waals surface area contributed by atoms with E-state index in [1.165, 1.54) is 30.8 Å². The lowest BCUT2D eigenvalue weighted by Gasteiger charge is -2.38. The summed E-state index contributed by atoms with van der Waals surface area (Å²) in [5.41, 5.74) is -0.654. The Balaban J connectivity index is 2.00. The van der Waals surface area contributed by atoms with Crippen molar-refractivity contribution >= 4 is 5.82 Å². The maximum Gasteiger partial charge on any atom is 0.332 e. The number of nitrogens with one attached hydrogen (secondary N) is 1. The van der Waals surface area contributed by atoms with Gasteiger partial charge in [-0.1, -0.05) is 12.1 Å². The van der Waals surface area contributed by atoms with Crippen molar-refractivity contribution in [3.63, 3.8) is 0 Å². The number of benzene rings is 1. The Kier molecular flexibility index (Phi) is 5.15. The molecule has 2 heterocycles. The highest BCUT2D eigenvalue weighted by atomic mass is 19.1. The van der Waals surface area contributed by atoms with Crippen LogP contribution >= 0.6 is 0 Å². The summed E-state index contributed by atoms with van der Waals surface area (Å²) < 4.78 is 21.0. The minimum atomic E-state index is -0.633.